The predicted molar refractivity (Wildman–Crippen MR) is 87.4 cm³/mol. The third-order valence-electron chi connectivity index (χ3n) is 3.56. The molecule has 3 rings (SSSR count). The van der Waals surface area contributed by atoms with E-state index in [-0.39, 0.29) is 0 Å². The predicted octanol–water partition coefficient (Wildman–Crippen LogP) is 4.55. The average Bonchev–Trinajstić information content (AvgIpc) is 2.55. The number of ether oxygens (including phenoxy) is 1. The summed E-state index contributed by atoms with van der Waals surface area (Å²) in [6, 6.07) is 16.3. The number of anilines is 2. The molecule has 0 spiro atoms. The molecule has 1 heterocycles. The van der Waals surface area contributed by atoms with Crippen molar-refractivity contribution >= 4 is 22.3 Å². The van der Waals surface area contributed by atoms with Crippen LogP contribution in [0.2, 0.25) is 0 Å². The maximum Gasteiger partial charge on any atom is 0.120 e. The van der Waals surface area contributed by atoms with Gasteiger partial charge in [-0.1, -0.05) is 19.1 Å². The molecule has 0 radical (unpaired) electrons. The molecule has 0 fully saturated rings. The van der Waals surface area contributed by atoms with Crippen LogP contribution in [0.25, 0.3) is 10.9 Å². The van der Waals surface area contributed by atoms with Crippen LogP contribution in [0, 0.1) is 0 Å². The minimum atomic E-state index is 0.840. The fourth-order valence-electron chi connectivity index (χ4n) is 2.38. The second-order valence-corrected chi connectivity index (χ2v) is 4.92. The van der Waals surface area contributed by atoms with E-state index in [4.69, 9.17) is 4.74 Å². The molecule has 0 unspecified atom stereocenters. The highest BCUT2D eigenvalue weighted by molar-refractivity contribution is 5.93. The summed E-state index contributed by atoms with van der Waals surface area (Å²) in [5.41, 5.74) is 4.37. The lowest BCUT2D eigenvalue weighted by atomic mass is 10.1. The highest BCUT2D eigenvalue weighted by atomic mass is 16.5. The quantitative estimate of drug-likeness (QED) is 0.760. The molecule has 0 bridgehead atoms. The Morgan fingerprint density at radius 3 is 2.81 bits per heavy atom. The van der Waals surface area contributed by atoms with E-state index in [1.54, 1.807) is 7.11 Å². The Hall–Kier alpha value is -2.55. The van der Waals surface area contributed by atoms with Gasteiger partial charge in [0.1, 0.15) is 5.75 Å². The SMILES string of the molecule is CCc1ccc2nccc(Nc3cccc(OC)c3)c2c1. The maximum atomic E-state index is 5.26. The summed E-state index contributed by atoms with van der Waals surface area (Å²) in [5, 5.41) is 4.59. The van der Waals surface area contributed by atoms with Crippen molar-refractivity contribution in [3.63, 3.8) is 0 Å². The van der Waals surface area contributed by atoms with Crippen molar-refractivity contribution < 1.29 is 4.74 Å². The first-order valence-electron chi connectivity index (χ1n) is 7.09. The number of aromatic nitrogens is 1. The van der Waals surface area contributed by atoms with Gasteiger partial charge in [-0.2, -0.15) is 0 Å². The number of methoxy groups -OCH3 is 1. The lowest BCUT2D eigenvalue weighted by molar-refractivity contribution is 0.415. The summed E-state index contributed by atoms with van der Waals surface area (Å²) in [4.78, 5) is 4.43. The Kier molecular flexibility index (Phi) is 3.73. The van der Waals surface area contributed by atoms with E-state index in [0.717, 1.165) is 34.4 Å². The number of hydrogen-bond donors (Lipinski definition) is 1. The maximum absolute atomic E-state index is 5.26. The van der Waals surface area contributed by atoms with Crippen molar-refractivity contribution in [2.24, 2.45) is 0 Å². The third kappa shape index (κ3) is 2.82. The second-order valence-electron chi connectivity index (χ2n) is 4.92. The van der Waals surface area contributed by atoms with Gasteiger partial charge in [0.15, 0.2) is 0 Å². The fourth-order valence-corrected chi connectivity index (χ4v) is 2.38. The molecular formula is C18H18N2O. The summed E-state index contributed by atoms with van der Waals surface area (Å²) >= 11 is 0. The number of benzene rings is 2. The number of fused-ring (bicyclic) bond motifs is 1. The van der Waals surface area contributed by atoms with E-state index in [2.05, 4.69) is 35.4 Å². The Bertz CT molecular complexity index is 768. The summed E-state index contributed by atoms with van der Waals surface area (Å²) in [7, 11) is 1.68. The molecule has 0 atom stereocenters. The standard InChI is InChI=1S/C18H18N2O/c1-3-13-7-8-17-16(11-13)18(9-10-19-17)20-14-5-4-6-15(12-14)21-2/h4-12H,3H2,1-2H3,(H,19,20). The molecule has 0 aliphatic rings. The second kappa shape index (κ2) is 5.83. The van der Waals surface area contributed by atoms with Gasteiger partial charge < -0.3 is 10.1 Å². The molecule has 0 aliphatic carbocycles. The first-order valence-corrected chi connectivity index (χ1v) is 7.09. The number of rotatable bonds is 4. The molecule has 3 nitrogen and oxygen atoms in total. The molecule has 0 amide bonds. The topological polar surface area (TPSA) is 34.2 Å². The van der Waals surface area contributed by atoms with Crippen LogP contribution >= 0.6 is 0 Å². The van der Waals surface area contributed by atoms with Gasteiger partial charge in [0.2, 0.25) is 0 Å². The highest BCUT2D eigenvalue weighted by Crippen LogP contribution is 2.27. The van der Waals surface area contributed by atoms with Gasteiger partial charge in [0.05, 0.1) is 12.6 Å². The number of nitrogens with zero attached hydrogens (tertiary/aromatic N) is 1. The van der Waals surface area contributed by atoms with Gasteiger partial charge in [-0.25, -0.2) is 0 Å². The monoisotopic (exact) mass is 278 g/mol. The molecule has 0 aliphatic heterocycles. The van der Waals surface area contributed by atoms with Crippen LogP contribution in [0.5, 0.6) is 5.75 Å². The van der Waals surface area contributed by atoms with E-state index in [1.807, 2.05) is 36.5 Å². The van der Waals surface area contributed by atoms with E-state index in [9.17, 15) is 0 Å². The summed E-state index contributed by atoms with van der Waals surface area (Å²) in [5.74, 6) is 0.840. The number of aryl methyl sites for hydroxylation is 1. The molecular weight excluding hydrogens is 260 g/mol. The van der Waals surface area contributed by atoms with Crippen LogP contribution in [-0.4, -0.2) is 12.1 Å². The van der Waals surface area contributed by atoms with Crippen molar-refractivity contribution in [3.05, 3.63) is 60.3 Å². The number of hydrogen-bond acceptors (Lipinski definition) is 3. The van der Waals surface area contributed by atoms with E-state index >= 15 is 0 Å². The minimum absolute atomic E-state index is 0.840. The largest absolute Gasteiger partial charge is 0.497 e. The number of pyridine rings is 1. The van der Waals surface area contributed by atoms with Gasteiger partial charge in [0, 0.05) is 29.0 Å². The van der Waals surface area contributed by atoms with Crippen molar-refractivity contribution in [1.29, 1.82) is 0 Å². The Labute approximate surface area is 124 Å². The van der Waals surface area contributed by atoms with Crippen molar-refractivity contribution in [3.8, 4) is 5.75 Å². The fraction of sp³-hybridized carbons (Fsp3) is 0.167. The van der Waals surface area contributed by atoms with E-state index in [1.165, 1.54) is 5.56 Å². The van der Waals surface area contributed by atoms with Crippen molar-refractivity contribution in [1.82, 2.24) is 4.98 Å². The van der Waals surface area contributed by atoms with Gasteiger partial charge in [-0.05, 0) is 42.3 Å². The molecule has 2 aromatic carbocycles. The van der Waals surface area contributed by atoms with Crippen LogP contribution in [0.1, 0.15) is 12.5 Å². The summed E-state index contributed by atoms with van der Waals surface area (Å²) in [6.07, 6.45) is 2.85. The summed E-state index contributed by atoms with van der Waals surface area (Å²) < 4.78 is 5.26. The third-order valence-corrected chi connectivity index (χ3v) is 3.56. The zero-order valence-corrected chi connectivity index (χ0v) is 12.3. The van der Waals surface area contributed by atoms with Gasteiger partial charge in [-0.3, -0.25) is 4.98 Å². The smallest absolute Gasteiger partial charge is 0.120 e. The van der Waals surface area contributed by atoms with Crippen molar-refractivity contribution in [2.75, 3.05) is 12.4 Å². The van der Waals surface area contributed by atoms with Crippen LogP contribution in [-0.2, 0) is 6.42 Å². The van der Waals surface area contributed by atoms with E-state index in [0.29, 0.717) is 0 Å². The molecule has 3 heteroatoms. The number of nitrogens with one attached hydrogen (secondary N) is 1. The van der Waals surface area contributed by atoms with Crippen LogP contribution in [0.3, 0.4) is 0 Å². The molecule has 1 N–H and O–H groups in total. The first-order chi connectivity index (χ1) is 10.3. The van der Waals surface area contributed by atoms with Gasteiger partial charge >= 0.3 is 0 Å². The van der Waals surface area contributed by atoms with Crippen LogP contribution < -0.4 is 10.1 Å². The molecule has 0 saturated heterocycles. The molecule has 0 saturated carbocycles. The normalized spacial score (nSPS) is 10.6. The Morgan fingerprint density at radius 2 is 2.00 bits per heavy atom. The first kappa shape index (κ1) is 13.4. The Morgan fingerprint density at radius 1 is 1.10 bits per heavy atom. The molecule has 21 heavy (non-hydrogen) atoms. The average molecular weight is 278 g/mol. The zero-order chi connectivity index (χ0) is 14.7. The molecule has 3 aromatic rings. The van der Waals surface area contributed by atoms with Gasteiger partial charge in [0.25, 0.3) is 0 Å². The minimum Gasteiger partial charge on any atom is -0.497 e. The van der Waals surface area contributed by atoms with Gasteiger partial charge in [-0.15, -0.1) is 0 Å². The Balaban J connectivity index is 2.03. The lowest BCUT2D eigenvalue weighted by Crippen LogP contribution is -1.94. The lowest BCUT2D eigenvalue weighted by Gasteiger charge is -2.11. The zero-order valence-electron chi connectivity index (χ0n) is 12.3. The highest BCUT2D eigenvalue weighted by Gasteiger charge is 2.04. The molecule has 1 aromatic heterocycles. The van der Waals surface area contributed by atoms with Crippen LogP contribution in [0.4, 0.5) is 11.4 Å². The summed E-state index contributed by atoms with van der Waals surface area (Å²) in [6.45, 7) is 2.16. The van der Waals surface area contributed by atoms with Crippen LogP contribution in [0.15, 0.2) is 54.7 Å². The van der Waals surface area contributed by atoms with Crippen molar-refractivity contribution in [2.45, 2.75) is 13.3 Å². The van der Waals surface area contributed by atoms with E-state index < -0.39 is 0 Å². The molecule has 106 valence electrons.